The van der Waals surface area contributed by atoms with E-state index in [-0.39, 0.29) is 11.4 Å². The number of oxime groups is 1. The second-order valence-corrected chi connectivity index (χ2v) is 5.16. The van der Waals surface area contributed by atoms with E-state index >= 15 is 0 Å². The molecule has 16 heavy (non-hydrogen) atoms. The molecule has 0 aromatic heterocycles. The summed E-state index contributed by atoms with van der Waals surface area (Å²) in [6.07, 6.45) is 0. The first-order valence-electron chi connectivity index (χ1n) is 5.86. The summed E-state index contributed by atoms with van der Waals surface area (Å²) in [7, 11) is 0. The van der Waals surface area contributed by atoms with Gasteiger partial charge in [0.1, 0.15) is 0 Å². The molecule has 5 heteroatoms. The van der Waals surface area contributed by atoms with Crippen LogP contribution in [0.5, 0.6) is 0 Å². The van der Waals surface area contributed by atoms with E-state index in [9.17, 15) is 0 Å². The van der Waals surface area contributed by atoms with E-state index in [1.807, 2.05) is 13.8 Å². The maximum Gasteiger partial charge on any atom is 0.159 e. The molecule has 1 fully saturated rings. The molecule has 0 atom stereocenters. The highest BCUT2D eigenvalue weighted by Gasteiger charge is 2.33. The summed E-state index contributed by atoms with van der Waals surface area (Å²) < 4.78 is 0. The van der Waals surface area contributed by atoms with Crippen molar-refractivity contribution in [3.05, 3.63) is 0 Å². The molecular formula is C11H24N4O. The average Bonchev–Trinajstić information content (AvgIpc) is 2.28. The summed E-state index contributed by atoms with van der Waals surface area (Å²) in [5.74, 6) is 0.283. The van der Waals surface area contributed by atoms with Crippen molar-refractivity contribution in [2.75, 3.05) is 26.2 Å². The van der Waals surface area contributed by atoms with Gasteiger partial charge < -0.3 is 10.9 Å². The molecule has 0 bridgehead atoms. The van der Waals surface area contributed by atoms with Crippen LogP contribution >= 0.6 is 0 Å². The second-order valence-electron chi connectivity index (χ2n) is 5.16. The van der Waals surface area contributed by atoms with E-state index < -0.39 is 0 Å². The van der Waals surface area contributed by atoms with Crippen molar-refractivity contribution in [1.82, 2.24) is 9.80 Å². The molecule has 0 aromatic rings. The Morgan fingerprint density at radius 3 is 2.12 bits per heavy atom. The van der Waals surface area contributed by atoms with Gasteiger partial charge in [0.25, 0.3) is 0 Å². The highest BCUT2D eigenvalue weighted by molar-refractivity contribution is 5.88. The van der Waals surface area contributed by atoms with Gasteiger partial charge in [-0.3, -0.25) is 9.80 Å². The van der Waals surface area contributed by atoms with Gasteiger partial charge in [0.05, 0.1) is 5.54 Å². The molecule has 0 unspecified atom stereocenters. The number of hydrogen-bond acceptors (Lipinski definition) is 4. The first-order chi connectivity index (χ1) is 7.39. The number of nitrogens with zero attached hydrogens (tertiary/aromatic N) is 3. The molecule has 1 saturated heterocycles. The zero-order valence-electron chi connectivity index (χ0n) is 10.8. The summed E-state index contributed by atoms with van der Waals surface area (Å²) in [4.78, 5) is 4.71. The van der Waals surface area contributed by atoms with Crippen molar-refractivity contribution >= 4 is 5.84 Å². The standard InChI is InChI=1S/C11H24N4O/c1-9(2)14-5-7-15(8-6-14)11(3,4)10(12)13-16/h9,16H,5-8H2,1-4H3,(H2,12,13). The van der Waals surface area contributed by atoms with E-state index in [0.717, 1.165) is 26.2 Å². The highest BCUT2D eigenvalue weighted by atomic mass is 16.4. The summed E-state index contributed by atoms with van der Waals surface area (Å²) >= 11 is 0. The molecule has 0 amide bonds. The van der Waals surface area contributed by atoms with Gasteiger partial charge >= 0.3 is 0 Å². The Bertz CT molecular complexity index is 255. The molecular weight excluding hydrogens is 204 g/mol. The zero-order chi connectivity index (χ0) is 12.3. The largest absolute Gasteiger partial charge is 0.409 e. The van der Waals surface area contributed by atoms with E-state index in [0.29, 0.717) is 6.04 Å². The Hall–Kier alpha value is -0.810. The second kappa shape index (κ2) is 5.01. The smallest absolute Gasteiger partial charge is 0.159 e. The monoisotopic (exact) mass is 228 g/mol. The van der Waals surface area contributed by atoms with E-state index in [4.69, 9.17) is 10.9 Å². The minimum atomic E-state index is -0.363. The summed E-state index contributed by atoms with van der Waals surface area (Å²) in [6.45, 7) is 12.4. The molecule has 1 heterocycles. The molecule has 1 aliphatic rings. The van der Waals surface area contributed by atoms with Crippen molar-refractivity contribution in [2.24, 2.45) is 10.9 Å². The highest BCUT2D eigenvalue weighted by Crippen LogP contribution is 2.18. The molecule has 3 N–H and O–H groups in total. The number of piperazine rings is 1. The molecule has 0 spiro atoms. The normalized spacial score (nSPS) is 21.7. The fraction of sp³-hybridized carbons (Fsp3) is 0.909. The van der Waals surface area contributed by atoms with Gasteiger partial charge in [-0.15, -0.1) is 0 Å². The lowest BCUT2D eigenvalue weighted by molar-refractivity contribution is 0.0673. The predicted molar refractivity (Wildman–Crippen MR) is 65.8 cm³/mol. The maximum absolute atomic E-state index is 8.77. The minimum Gasteiger partial charge on any atom is -0.409 e. The van der Waals surface area contributed by atoms with Gasteiger partial charge in [-0.2, -0.15) is 0 Å². The molecule has 0 aliphatic carbocycles. The summed E-state index contributed by atoms with van der Waals surface area (Å²) in [5, 5.41) is 11.9. The van der Waals surface area contributed by atoms with Gasteiger partial charge in [-0.25, -0.2) is 0 Å². The number of hydrogen-bond donors (Lipinski definition) is 2. The third kappa shape index (κ3) is 2.65. The van der Waals surface area contributed by atoms with Crippen molar-refractivity contribution in [2.45, 2.75) is 39.3 Å². The van der Waals surface area contributed by atoms with Crippen LogP contribution in [0.2, 0.25) is 0 Å². The van der Waals surface area contributed by atoms with Gasteiger partial charge in [0.2, 0.25) is 0 Å². The number of rotatable bonds is 3. The molecule has 94 valence electrons. The van der Waals surface area contributed by atoms with Crippen LogP contribution in [0, 0.1) is 0 Å². The van der Waals surface area contributed by atoms with Gasteiger partial charge in [-0.1, -0.05) is 5.16 Å². The molecule has 0 aromatic carbocycles. The van der Waals surface area contributed by atoms with Crippen LogP contribution in [0.1, 0.15) is 27.7 Å². The lowest BCUT2D eigenvalue weighted by atomic mass is 10.00. The fourth-order valence-corrected chi connectivity index (χ4v) is 2.08. The van der Waals surface area contributed by atoms with Crippen LogP contribution in [0.4, 0.5) is 0 Å². The summed E-state index contributed by atoms with van der Waals surface area (Å²) in [6, 6.07) is 0.592. The maximum atomic E-state index is 8.77. The van der Waals surface area contributed by atoms with Crippen LogP contribution in [-0.4, -0.2) is 58.6 Å². The van der Waals surface area contributed by atoms with Gasteiger partial charge in [0, 0.05) is 32.2 Å². The molecule has 5 nitrogen and oxygen atoms in total. The SMILES string of the molecule is CC(C)N1CCN(C(C)(C)C(N)=NO)CC1. The molecule has 0 saturated carbocycles. The summed E-state index contributed by atoms with van der Waals surface area (Å²) in [5.41, 5.74) is 5.36. The number of nitrogens with two attached hydrogens (primary N) is 1. The van der Waals surface area contributed by atoms with Gasteiger partial charge in [0.15, 0.2) is 5.84 Å². The van der Waals surface area contributed by atoms with Crippen LogP contribution in [-0.2, 0) is 0 Å². The van der Waals surface area contributed by atoms with Gasteiger partial charge in [-0.05, 0) is 27.7 Å². The average molecular weight is 228 g/mol. The lowest BCUT2D eigenvalue weighted by Crippen LogP contribution is -2.60. The Morgan fingerprint density at radius 1 is 1.25 bits per heavy atom. The van der Waals surface area contributed by atoms with Crippen molar-refractivity contribution in [3.8, 4) is 0 Å². The third-order valence-electron chi connectivity index (χ3n) is 3.57. The minimum absolute atomic E-state index is 0.283. The van der Waals surface area contributed by atoms with Crippen molar-refractivity contribution in [1.29, 1.82) is 0 Å². The van der Waals surface area contributed by atoms with Crippen LogP contribution < -0.4 is 5.73 Å². The van der Waals surface area contributed by atoms with E-state index in [1.54, 1.807) is 0 Å². The van der Waals surface area contributed by atoms with Crippen molar-refractivity contribution in [3.63, 3.8) is 0 Å². The van der Waals surface area contributed by atoms with Crippen LogP contribution in [0.3, 0.4) is 0 Å². The first kappa shape index (κ1) is 13.3. The zero-order valence-corrected chi connectivity index (χ0v) is 10.8. The van der Waals surface area contributed by atoms with Crippen LogP contribution in [0.25, 0.3) is 0 Å². The Morgan fingerprint density at radius 2 is 1.75 bits per heavy atom. The molecule has 1 aliphatic heterocycles. The molecule has 1 rings (SSSR count). The van der Waals surface area contributed by atoms with Crippen molar-refractivity contribution < 1.29 is 5.21 Å². The van der Waals surface area contributed by atoms with E-state index in [2.05, 4.69) is 28.8 Å². The fourth-order valence-electron chi connectivity index (χ4n) is 2.08. The topological polar surface area (TPSA) is 65.1 Å². The Labute approximate surface area is 97.9 Å². The number of amidine groups is 1. The molecule has 0 radical (unpaired) electrons. The Kier molecular flexibility index (Phi) is 4.15. The van der Waals surface area contributed by atoms with E-state index in [1.165, 1.54) is 0 Å². The van der Waals surface area contributed by atoms with Crippen LogP contribution in [0.15, 0.2) is 5.16 Å². The predicted octanol–water partition coefficient (Wildman–Crippen LogP) is 0.537. The first-order valence-corrected chi connectivity index (χ1v) is 5.86. The Balaban J connectivity index is 2.60. The quantitative estimate of drug-likeness (QED) is 0.320. The third-order valence-corrected chi connectivity index (χ3v) is 3.57. The lowest BCUT2D eigenvalue weighted by Gasteiger charge is -2.44.